The number of benzene rings is 3. The van der Waals surface area contributed by atoms with Gasteiger partial charge < -0.3 is 9.29 Å². The van der Waals surface area contributed by atoms with E-state index in [1.54, 1.807) is 23.0 Å². The van der Waals surface area contributed by atoms with Gasteiger partial charge in [-0.2, -0.15) is 5.10 Å². The van der Waals surface area contributed by atoms with Gasteiger partial charge in [0, 0.05) is 21.2 Å². The van der Waals surface area contributed by atoms with Gasteiger partial charge in [-0.3, -0.25) is 4.68 Å². The Balaban J connectivity index is 1.47. The number of halogens is 1. The fourth-order valence-electron chi connectivity index (χ4n) is 3.28. The van der Waals surface area contributed by atoms with Gasteiger partial charge >= 0.3 is 0 Å². The molecule has 1 unspecified atom stereocenters. The number of rotatable bonds is 7. The summed E-state index contributed by atoms with van der Waals surface area (Å²) >= 11 is 0. The molecule has 0 fully saturated rings. The van der Waals surface area contributed by atoms with Crippen LogP contribution in [0.1, 0.15) is 5.56 Å². The molecule has 7 heteroatoms. The minimum atomic E-state index is -3.05. The second-order valence-electron chi connectivity index (χ2n) is 7.19. The minimum absolute atomic E-state index is 0.0420. The van der Waals surface area contributed by atoms with E-state index < -0.39 is 10.2 Å². The quantitative estimate of drug-likeness (QED) is 0.404. The number of hydrogen-bond acceptors (Lipinski definition) is 4. The standard InChI is InChI=1S/C23H21FN2O3S/c1-30(27,28)12-11-26-23-10-9-20(14-19(23)15-25-26)29-16-17-5-4-6-18(13-17)21-7-2-3-8-22(21)24/h2-10,13-15H,11-12,16H2,1H3. The smallest absolute Gasteiger partial charge is 0.131 e. The second-order valence-corrected chi connectivity index (χ2v) is 9.45. The summed E-state index contributed by atoms with van der Waals surface area (Å²) in [6.45, 7) is 0.654. The van der Waals surface area contributed by atoms with E-state index in [0.717, 1.165) is 22.0 Å². The summed E-state index contributed by atoms with van der Waals surface area (Å²) < 4.78 is 44.4. The number of sulfone groups is 1. The van der Waals surface area contributed by atoms with Crippen LogP contribution in [-0.4, -0.2) is 26.3 Å². The molecule has 154 valence electrons. The van der Waals surface area contributed by atoms with Crippen molar-refractivity contribution in [3.05, 3.63) is 84.3 Å². The van der Waals surface area contributed by atoms with Crippen LogP contribution in [0.4, 0.5) is 4.39 Å². The highest BCUT2D eigenvalue weighted by Gasteiger charge is 2.11. The average Bonchev–Trinajstić information content (AvgIpc) is 3.13. The van der Waals surface area contributed by atoms with Crippen molar-refractivity contribution in [1.29, 1.82) is 0 Å². The molecule has 4 rings (SSSR count). The molecule has 4 aromatic rings. The molecule has 0 aliphatic carbocycles. The maximum Gasteiger partial charge on any atom is 0.131 e. The summed E-state index contributed by atoms with van der Waals surface area (Å²) in [5.74, 6) is 0.468. The predicted octanol–water partition coefficient (Wildman–Crippen LogP) is 4.68. The topological polar surface area (TPSA) is 67.2 Å². The van der Waals surface area contributed by atoms with Gasteiger partial charge in [-0.05, 0) is 41.5 Å². The third-order valence-electron chi connectivity index (χ3n) is 4.80. The van der Waals surface area contributed by atoms with Crippen molar-refractivity contribution < 1.29 is 17.9 Å². The normalized spacial score (nSPS) is 13.3. The van der Waals surface area contributed by atoms with Crippen molar-refractivity contribution in [3.8, 4) is 16.9 Å². The van der Waals surface area contributed by atoms with Crippen LogP contribution in [0, 0.1) is 5.82 Å². The van der Waals surface area contributed by atoms with Gasteiger partial charge in [-0.1, -0.05) is 36.4 Å². The van der Waals surface area contributed by atoms with Crippen molar-refractivity contribution in [1.82, 2.24) is 9.78 Å². The highest BCUT2D eigenvalue weighted by atomic mass is 32.3. The van der Waals surface area contributed by atoms with Crippen molar-refractivity contribution in [2.45, 2.75) is 13.2 Å². The first-order valence-electron chi connectivity index (χ1n) is 9.49. The number of ether oxygens (including phenoxy) is 1. The molecule has 0 aliphatic rings. The van der Waals surface area contributed by atoms with E-state index in [-0.39, 0.29) is 11.6 Å². The number of hydrogen-bond donors (Lipinski definition) is 0. The molecule has 5 nitrogen and oxygen atoms in total. The van der Waals surface area contributed by atoms with E-state index in [0.29, 0.717) is 24.5 Å². The second kappa shape index (κ2) is 8.38. The molecule has 0 radical (unpaired) electrons. The Morgan fingerprint density at radius 1 is 1.10 bits per heavy atom. The summed E-state index contributed by atoms with van der Waals surface area (Å²) in [5.41, 5.74) is 3.14. The summed E-state index contributed by atoms with van der Waals surface area (Å²) in [7, 11) is -3.05. The highest BCUT2D eigenvalue weighted by molar-refractivity contribution is 7.96. The van der Waals surface area contributed by atoms with Crippen LogP contribution < -0.4 is 4.74 Å². The fourth-order valence-corrected chi connectivity index (χ4v) is 3.78. The Kier molecular flexibility index (Phi) is 5.65. The molecular weight excluding hydrogens is 403 g/mol. The van der Waals surface area contributed by atoms with Crippen molar-refractivity contribution in [2.75, 3.05) is 12.0 Å². The molecule has 1 aromatic heterocycles. The molecule has 0 saturated heterocycles. The summed E-state index contributed by atoms with van der Waals surface area (Å²) in [5, 5.41) is 5.15. The first-order chi connectivity index (χ1) is 14.4. The van der Waals surface area contributed by atoms with Gasteiger partial charge in [0.2, 0.25) is 0 Å². The minimum Gasteiger partial charge on any atom is -0.615 e. The van der Waals surface area contributed by atoms with Gasteiger partial charge in [-0.25, -0.2) is 4.39 Å². The van der Waals surface area contributed by atoms with Crippen LogP contribution in [0.15, 0.2) is 72.9 Å². The Morgan fingerprint density at radius 2 is 1.93 bits per heavy atom. The molecule has 30 heavy (non-hydrogen) atoms. The van der Waals surface area contributed by atoms with Gasteiger partial charge in [0.1, 0.15) is 23.9 Å². The van der Waals surface area contributed by atoms with Crippen LogP contribution in [-0.2, 0) is 27.6 Å². The largest absolute Gasteiger partial charge is 0.615 e. The first kappa shape index (κ1) is 20.3. The Labute approximate surface area is 175 Å². The molecule has 0 N–H and O–H groups in total. The van der Waals surface area contributed by atoms with Crippen LogP contribution in [0.3, 0.4) is 0 Å². The van der Waals surface area contributed by atoms with Crippen molar-refractivity contribution in [3.63, 3.8) is 0 Å². The lowest BCUT2D eigenvalue weighted by atomic mass is 10.0. The number of aryl methyl sites for hydroxylation is 1. The monoisotopic (exact) mass is 424 g/mol. The van der Waals surface area contributed by atoms with Gasteiger partial charge in [0.05, 0.1) is 24.5 Å². The fraction of sp³-hybridized carbons (Fsp3) is 0.174. The first-order valence-corrected chi connectivity index (χ1v) is 11.5. The molecular formula is C23H21FN2O3S. The predicted molar refractivity (Wildman–Crippen MR) is 116 cm³/mol. The molecule has 0 spiro atoms. The Morgan fingerprint density at radius 3 is 2.73 bits per heavy atom. The third kappa shape index (κ3) is 4.75. The lowest BCUT2D eigenvalue weighted by molar-refractivity contribution is 0.306. The van der Waals surface area contributed by atoms with Gasteiger partial charge in [0.25, 0.3) is 0 Å². The zero-order valence-electron chi connectivity index (χ0n) is 16.5. The van der Waals surface area contributed by atoms with E-state index in [9.17, 15) is 13.2 Å². The summed E-state index contributed by atoms with van der Waals surface area (Å²) in [4.78, 5) is 0. The number of aromatic nitrogens is 2. The van der Waals surface area contributed by atoms with E-state index in [4.69, 9.17) is 4.74 Å². The lowest BCUT2D eigenvalue weighted by Crippen LogP contribution is -2.17. The molecule has 1 heterocycles. The average molecular weight is 424 g/mol. The summed E-state index contributed by atoms with van der Waals surface area (Å²) in [6, 6.07) is 19.9. The third-order valence-corrected chi connectivity index (χ3v) is 5.73. The number of fused-ring (bicyclic) bond motifs is 1. The molecule has 0 bridgehead atoms. The summed E-state index contributed by atoms with van der Waals surface area (Å²) in [6.07, 6.45) is 2.91. The Bertz CT molecular complexity index is 1230. The lowest BCUT2D eigenvalue weighted by Gasteiger charge is -2.10. The highest BCUT2D eigenvalue weighted by Crippen LogP contribution is 2.25. The van der Waals surface area contributed by atoms with Crippen LogP contribution in [0.2, 0.25) is 0 Å². The van der Waals surface area contributed by atoms with E-state index in [1.165, 1.54) is 12.3 Å². The number of nitrogens with zero attached hydrogens (tertiary/aromatic N) is 2. The molecule has 0 aliphatic heterocycles. The van der Waals surface area contributed by atoms with Gasteiger partial charge in [0.15, 0.2) is 0 Å². The zero-order chi connectivity index (χ0) is 21.1. The zero-order valence-corrected chi connectivity index (χ0v) is 17.3. The van der Waals surface area contributed by atoms with Crippen molar-refractivity contribution >= 4 is 21.1 Å². The molecule has 3 aromatic carbocycles. The SMILES string of the molecule is C[S+](=O)([O-])CCn1ncc2cc(OCc3cccc(-c4ccccc4F)c3)ccc21. The van der Waals surface area contributed by atoms with E-state index >= 15 is 0 Å². The van der Waals surface area contributed by atoms with E-state index in [1.807, 2.05) is 48.5 Å². The maximum absolute atomic E-state index is 14.1. The van der Waals surface area contributed by atoms with Crippen LogP contribution in [0.25, 0.3) is 22.0 Å². The van der Waals surface area contributed by atoms with Crippen molar-refractivity contribution in [2.24, 2.45) is 0 Å². The van der Waals surface area contributed by atoms with Crippen LogP contribution in [0.5, 0.6) is 5.75 Å². The molecule has 1 atom stereocenters. The maximum atomic E-state index is 14.1. The van der Waals surface area contributed by atoms with E-state index in [2.05, 4.69) is 5.10 Å². The van der Waals surface area contributed by atoms with Gasteiger partial charge in [-0.15, -0.1) is 4.21 Å². The van der Waals surface area contributed by atoms with Crippen LogP contribution >= 0.6 is 0 Å². The molecule has 0 saturated carbocycles. The molecule has 0 amide bonds. The Hall–Kier alpha value is -3.03.